The Balaban J connectivity index is 1.58. The first kappa shape index (κ1) is 16.1. The van der Waals surface area contributed by atoms with E-state index in [0.29, 0.717) is 18.7 Å². The summed E-state index contributed by atoms with van der Waals surface area (Å²) < 4.78 is 6.89. The fourth-order valence-corrected chi connectivity index (χ4v) is 3.16. The number of pyridine rings is 1. The molecule has 0 aliphatic carbocycles. The Morgan fingerprint density at radius 2 is 2.26 bits per heavy atom. The van der Waals surface area contributed by atoms with E-state index >= 15 is 0 Å². The van der Waals surface area contributed by atoms with E-state index in [1.807, 2.05) is 47.5 Å². The fourth-order valence-electron chi connectivity index (χ4n) is 2.76. The summed E-state index contributed by atoms with van der Waals surface area (Å²) in [5, 5.41) is 0. The predicted octanol–water partition coefficient (Wildman–Crippen LogP) is 3.67. The van der Waals surface area contributed by atoms with Gasteiger partial charge in [0.2, 0.25) is 0 Å². The number of aromatic nitrogens is 1. The highest BCUT2D eigenvalue weighted by Gasteiger charge is 2.25. The van der Waals surface area contributed by atoms with Crippen LogP contribution in [-0.4, -0.2) is 35.0 Å². The van der Waals surface area contributed by atoms with E-state index in [4.69, 9.17) is 4.74 Å². The number of benzene rings is 1. The van der Waals surface area contributed by atoms with Crippen LogP contribution in [0.1, 0.15) is 28.8 Å². The molecule has 1 aromatic carbocycles. The van der Waals surface area contributed by atoms with Gasteiger partial charge in [-0.25, -0.2) is 0 Å². The number of ether oxygens (including phenoxy) is 1. The molecule has 4 nitrogen and oxygen atoms in total. The van der Waals surface area contributed by atoms with Gasteiger partial charge in [0.05, 0.1) is 12.7 Å². The molecule has 2 aromatic rings. The topological polar surface area (TPSA) is 42.4 Å². The van der Waals surface area contributed by atoms with Gasteiger partial charge in [-0.05, 0) is 42.7 Å². The molecule has 3 rings (SSSR count). The quantitative estimate of drug-likeness (QED) is 0.819. The summed E-state index contributed by atoms with van der Waals surface area (Å²) in [5.41, 5.74) is 1.77. The van der Waals surface area contributed by atoms with Crippen molar-refractivity contribution in [2.24, 2.45) is 0 Å². The van der Waals surface area contributed by atoms with Gasteiger partial charge in [0.1, 0.15) is 0 Å². The van der Waals surface area contributed by atoms with Gasteiger partial charge < -0.3 is 9.64 Å². The van der Waals surface area contributed by atoms with Crippen molar-refractivity contribution in [1.29, 1.82) is 0 Å². The highest BCUT2D eigenvalue weighted by Crippen LogP contribution is 2.19. The van der Waals surface area contributed by atoms with Gasteiger partial charge in [0, 0.05) is 35.5 Å². The molecule has 0 bridgehead atoms. The Hall–Kier alpha value is -1.72. The largest absolute Gasteiger partial charge is 0.372 e. The Bertz CT molecular complexity index is 663. The average Bonchev–Trinajstić information content (AvgIpc) is 2.60. The van der Waals surface area contributed by atoms with Crippen LogP contribution in [-0.2, 0) is 11.3 Å². The first-order valence-corrected chi connectivity index (χ1v) is 8.57. The van der Waals surface area contributed by atoms with Crippen LogP contribution in [0.2, 0.25) is 0 Å². The summed E-state index contributed by atoms with van der Waals surface area (Å²) in [4.78, 5) is 18.6. The molecule has 0 spiro atoms. The number of rotatable bonds is 4. The van der Waals surface area contributed by atoms with E-state index in [-0.39, 0.29) is 12.0 Å². The zero-order valence-corrected chi connectivity index (χ0v) is 14.4. The Labute approximate surface area is 144 Å². The molecule has 1 aliphatic rings. The number of piperidine rings is 1. The summed E-state index contributed by atoms with van der Waals surface area (Å²) in [6, 6.07) is 11.4. The van der Waals surface area contributed by atoms with E-state index in [1.54, 1.807) is 6.20 Å². The lowest BCUT2D eigenvalue weighted by Crippen LogP contribution is -2.43. The van der Waals surface area contributed by atoms with Gasteiger partial charge in [-0.2, -0.15) is 0 Å². The minimum Gasteiger partial charge on any atom is -0.372 e. The zero-order valence-electron chi connectivity index (χ0n) is 12.8. The molecule has 1 saturated heterocycles. The third-order valence-corrected chi connectivity index (χ3v) is 4.44. The van der Waals surface area contributed by atoms with E-state index in [2.05, 4.69) is 20.9 Å². The molecule has 0 radical (unpaired) electrons. The molecular formula is C18H19BrN2O2. The number of carbonyl (C=O) groups excluding carboxylic acids is 1. The second-order valence-corrected chi connectivity index (χ2v) is 6.61. The molecule has 5 heteroatoms. The van der Waals surface area contributed by atoms with Gasteiger partial charge in [-0.1, -0.05) is 28.1 Å². The molecule has 23 heavy (non-hydrogen) atoms. The van der Waals surface area contributed by atoms with Crippen LogP contribution in [0.4, 0.5) is 0 Å². The van der Waals surface area contributed by atoms with E-state index in [9.17, 15) is 4.79 Å². The van der Waals surface area contributed by atoms with Crippen LogP contribution in [0, 0.1) is 0 Å². The van der Waals surface area contributed by atoms with Gasteiger partial charge in [0.25, 0.3) is 5.91 Å². The third-order valence-electron chi connectivity index (χ3n) is 3.95. The molecular weight excluding hydrogens is 356 g/mol. The lowest BCUT2D eigenvalue weighted by atomic mass is 10.1. The first-order valence-electron chi connectivity index (χ1n) is 7.78. The van der Waals surface area contributed by atoms with Crippen molar-refractivity contribution in [3.8, 4) is 0 Å². The van der Waals surface area contributed by atoms with E-state index < -0.39 is 0 Å². The second kappa shape index (κ2) is 7.70. The second-order valence-electron chi connectivity index (χ2n) is 5.70. The molecule has 1 aromatic heterocycles. The molecule has 1 amide bonds. The van der Waals surface area contributed by atoms with Crippen molar-refractivity contribution < 1.29 is 9.53 Å². The lowest BCUT2D eigenvalue weighted by molar-refractivity contribution is -0.00681. The Morgan fingerprint density at radius 1 is 1.35 bits per heavy atom. The van der Waals surface area contributed by atoms with Crippen LogP contribution in [0.5, 0.6) is 0 Å². The first-order chi connectivity index (χ1) is 11.2. The van der Waals surface area contributed by atoms with E-state index in [1.165, 1.54) is 0 Å². The maximum absolute atomic E-state index is 12.6. The van der Waals surface area contributed by atoms with Gasteiger partial charge in [-0.3, -0.25) is 9.78 Å². The van der Waals surface area contributed by atoms with Crippen molar-refractivity contribution in [2.45, 2.75) is 25.6 Å². The summed E-state index contributed by atoms with van der Waals surface area (Å²) >= 11 is 3.42. The van der Waals surface area contributed by atoms with Gasteiger partial charge >= 0.3 is 0 Å². The molecule has 2 heterocycles. The van der Waals surface area contributed by atoms with Crippen molar-refractivity contribution >= 4 is 21.8 Å². The SMILES string of the molecule is O=C(c1cccc(Br)c1)N1CCCC(OCc2cccnc2)C1. The number of hydrogen-bond acceptors (Lipinski definition) is 3. The molecule has 1 fully saturated rings. The summed E-state index contributed by atoms with van der Waals surface area (Å²) in [6.45, 7) is 1.97. The standard InChI is InChI=1S/C18H19BrN2O2/c19-16-6-1-5-15(10-16)18(22)21-9-3-7-17(12-21)23-13-14-4-2-8-20-11-14/h1-2,4-6,8,10-11,17H,3,7,9,12-13H2. The molecule has 0 saturated carbocycles. The predicted molar refractivity (Wildman–Crippen MR) is 92.1 cm³/mol. The lowest BCUT2D eigenvalue weighted by Gasteiger charge is -2.32. The van der Waals surface area contributed by atoms with E-state index in [0.717, 1.165) is 29.4 Å². The minimum absolute atomic E-state index is 0.0703. The van der Waals surface area contributed by atoms with Gasteiger partial charge in [-0.15, -0.1) is 0 Å². The highest BCUT2D eigenvalue weighted by atomic mass is 79.9. The molecule has 1 aliphatic heterocycles. The maximum atomic E-state index is 12.6. The molecule has 0 N–H and O–H groups in total. The monoisotopic (exact) mass is 374 g/mol. The van der Waals surface area contributed by atoms with Crippen LogP contribution in [0.15, 0.2) is 53.3 Å². The van der Waals surface area contributed by atoms with Crippen molar-refractivity contribution in [2.75, 3.05) is 13.1 Å². The Morgan fingerprint density at radius 3 is 3.04 bits per heavy atom. The smallest absolute Gasteiger partial charge is 0.253 e. The van der Waals surface area contributed by atoms with Crippen LogP contribution in [0.25, 0.3) is 0 Å². The van der Waals surface area contributed by atoms with Crippen molar-refractivity contribution in [3.63, 3.8) is 0 Å². The number of carbonyl (C=O) groups is 1. The van der Waals surface area contributed by atoms with Crippen LogP contribution < -0.4 is 0 Å². The highest BCUT2D eigenvalue weighted by molar-refractivity contribution is 9.10. The Kier molecular flexibility index (Phi) is 5.41. The number of halogens is 1. The molecule has 120 valence electrons. The molecule has 1 atom stereocenters. The summed E-state index contributed by atoms with van der Waals surface area (Å²) in [5.74, 6) is 0.0703. The van der Waals surface area contributed by atoms with Gasteiger partial charge in [0.15, 0.2) is 0 Å². The minimum atomic E-state index is 0.0703. The molecule has 1 unspecified atom stereocenters. The number of nitrogens with zero attached hydrogens (tertiary/aromatic N) is 2. The van der Waals surface area contributed by atoms with Crippen molar-refractivity contribution in [3.05, 3.63) is 64.4 Å². The number of likely N-dealkylation sites (tertiary alicyclic amines) is 1. The number of amides is 1. The third kappa shape index (κ3) is 4.39. The zero-order chi connectivity index (χ0) is 16.1. The normalized spacial score (nSPS) is 18.0. The van der Waals surface area contributed by atoms with Crippen LogP contribution >= 0.6 is 15.9 Å². The fraction of sp³-hybridized carbons (Fsp3) is 0.333. The maximum Gasteiger partial charge on any atom is 0.253 e. The van der Waals surface area contributed by atoms with Crippen molar-refractivity contribution in [1.82, 2.24) is 9.88 Å². The summed E-state index contributed by atoms with van der Waals surface area (Å²) in [6.07, 6.45) is 5.61. The average molecular weight is 375 g/mol. The summed E-state index contributed by atoms with van der Waals surface area (Å²) in [7, 11) is 0. The van der Waals surface area contributed by atoms with Crippen LogP contribution in [0.3, 0.4) is 0 Å². The number of hydrogen-bond donors (Lipinski definition) is 0.